The van der Waals surface area contributed by atoms with Crippen molar-refractivity contribution in [3.63, 3.8) is 0 Å². The quantitative estimate of drug-likeness (QED) is 0.578. The molecule has 0 saturated carbocycles. The number of aromatic amines is 1. The van der Waals surface area contributed by atoms with Crippen LogP contribution in [0.5, 0.6) is 0 Å². The summed E-state index contributed by atoms with van der Waals surface area (Å²) in [6, 6.07) is 7.06. The van der Waals surface area contributed by atoms with Gasteiger partial charge in [0.05, 0.1) is 10.9 Å². The SMILES string of the molecule is O=C(CCCCCn1c(=S)[nH]c2ccccc2c1=O)NCC(F)(F)F. The summed E-state index contributed by atoms with van der Waals surface area (Å²) in [5, 5.41) is 2.37. The Morgan fingerprint density at radius 3 is 2.64 bits per heavy atom. The number of para-hydroxylation sites is 1. The summed E-state index contributed by atoms with van der Waals surface area (Å²) >= 11 is 5.19. The third-order valence-corrected chi connectivity index (χ3v) is 3.98. The number of fused-ring (bicyclic) bond motifs is 1. The smallest absolute Gasteiger partial charge is 0.347 e. The van der Waals surface area contributed by atoms with Gasteiger partial charge in [0.25, 0.3) is 5.56 Å². The molecule has 0 atom stereocenters. The lowest BCUT2D eigenvalue weighted by molar-refractivity contribution is -0.138. The molecule has 25 heavy (non-hydrogen) atoms. The van der Waals surface area contributed by atoms with E-state index in [1.165, 1.54) is 4.57 Å². The monoisotopic (exact) mass is 373 g/mol. The Balaban J connectivity index is 1.83. The second-order valence-electron chi connectivity index (χ2n) is 5.64. The predicted octanol–water partition coefficient (Wildman–Crippen LogP) is 3.30. The van der Waals surface area contributed by atoms with Gasteiger partial charge in [0.15, 0.2) is 4.77 Å². The lowest BCUT2D eigenvalue weighted by Gasteiger charge is -2.09. The van der Waals surface area contributed by atoms with Gasteiger partial charge in [-0.15, -0.1) is 0 Å². The van der Waals surface area contributed by atoms with Crippen molar-refractivity contribution in [1.82, 2.24) is 14.9 Å². The molecule has 0 aliphatic heterocycles. The van der Waals surface area contributed by atoms with E-state index in [4.69, 9.17) is 12.2 Å². The molecule has 2 aromatic rings. The molecule has 2 N–H and O–H groups in total. The Morgan fingerprint density at radius 1 is 1.20 bits per heavy atom. The fourth-order valence-electron chi connectivity index (χ4n) is 2.42. The largest absolute Gasteiger partial charge is 0.405 e. The summed E-state index contributed by atoms with van der Waals surface area (Å²) in [5.74, 6) is -0.627. The van der Waals surface area contributed by atoms with Crippen LogP contribution in [0.2, 0.25) is 0 Å². The first kappa shape index (κ1) is 19.2. The van der Waals surface area contributed by atoms with Crippen molar-refractivity contribution in [1.29, 1.82) is 0 Å². The van der Waals surface area contributed by atoms with E-state index in [-0.39, 0.29) is 12.0 Å². The molecule has 0 spiro atoms. The molecule has 0 radical (unpaired) electrons. The van der Waals surface area contributed by atoms with Crippen molar-refractivity contribution < 1.29 is 18.0 Å². The molecular formula is C16H18F3N3O2S. The third kappa shape index (κ3) is 5.70. The first-order valence-electron chi connectivity index (χ1n) is 7.83. The number of carbonyl (C=O) groups excluding carboxylic acids is 1. The number of unbranched alkanes of at least 4 members (excludes halogenated alkanes) is 2. The van der Waals surface area contributed by atoms with Crippen LogP contribution < -0.4 is 10.9 Å². The minimum Gasteiger partial charge on any atom is -0.347 e. The van der Waals surface area contributed by atoms with Crippen molar-refractivity contribution in [3.8, 4) is 0 Å². The van der Waals surface area contributed by atoms with Crippen molar-refractivity contribution >= 4 is 29.0 Å². The first-order chi connectivity index (χ1) is 11.8. The molecule has 1 heterocycles. The highest BCUT2D eigenvalue weighted by atomic mass is 32.1. The number of benzene rings is 1. The van der Waals surface area contributed by atoms with Crippen LogP contribution in [0.4, 0.5) is 13.2 Å². The highest BCUT2D eigenvalue weighted by molar-refractivity contribution is 7.71. The number of aromatic nitrogens is 2. The highest BCUT2D eigenvalue weighted by Gasteiger charge is 2.27. The van der Waals surface area contributed by atoms with Gasteiger partial charge in [-0.3, -0.25) is 14.2 Å². The first-order valence-corrected chi connectivity index (χ1v) is 8.24. The van der Waals surface area contributed by atoms with Crippen LogP contribution >= 0.6 is 12.2 Å². The minimum absolute atomic E-state index is 0.0234. The second kappa shape index (κ2) is 8.28. The van der Waals surface area contributed by atoms with E-state index in [0.717, 1.165) is 0 Å². The van der Waals surface area contributed by atoms with Crippen LogP contribution in [0.1, 0.15) is 25.7 Å². The lowest BCUT2D eigenvalue weighted by atomic mass is 10.2. The Morgan fingerprint density at radius 2 is 1.92 bits per heavy atom. The average molecular weight is 373 g/mol. The van der Waals surface area contributed by atoms with Crippen LogP contribution in [0.25, 0.3) is 10.9 Å². The number of nitrogens with zero attached hydrogens (tertiary/aromatic N) is 1. The molecule has 9 heteroatoms. The van der Waals surface area contributed by atoms with E-state index in [9.17, 15) is 22.8 Å². The summed E-state index contributed by atoms with van der Waals surface area (Å²) in [5.41, 5.74) is 0.498. The number of H-pyrrole nitrogens is 1. The Kier molecular flexibility index (Phi) is 6.35. The van der Waals surface area contributed by atoms with E-state index >= 15 is 0 Å². The Labute approximate surface area is 146 Å². The van der Waals surface area contributed by atoms with Gasteiger partial charge in [-0.05, 0) is 37.2 Å². The number of carbonyl (C=O) groups is 1. The third-order valence-electron chi connectivity index (χ3n) is 3.66. The number of nitrogens with one attached hydrogen (secondary N) is 2. The topological polar surface area (TPSA) is 66.9 Å². The molecule has 0 aliphatic carbocycles. The zero-order valence-electron chi connectivity index (χ0n) is 13.4. The summed E-state index contributed by atoms with van der Waals surface area (Å²) in [6.07, 6.45) is -2.73. The Bertz CT molecular complexity index is 858. The zero-order valence-corrected chi connectivity index (χ0v) is 14.2. The average Bonchev–Trinajstić information content (AvgIpc) is 2.54. The molecule has 1 aromatic heterocycles. The number of rotatable bonds is 7. The van der Waals surface area contributed by atoms with Gasteiger partial charge in [0.1, 0.15) is 6.54 Å². The predicted molar refractivity (Wildman–Crippen MR) is 90.9 cm³/mol. The van der Waals surface area contributed by atoms with Gasteiger partial charge in [-0.1, -0.05) is 18.6 Å². The number of amides is 1. The number of hydrogen-bond acceptors (Lipinski definition) is 3. The van der Waals surface area contributed by atoms with Crippen LogP contribution in [0.3, 0.4) is 0 Å². The lowest BCUT2D eigenvalue weighted by Crippen LogP contribution is -2.33. The maximum Gasteiger partial charge on any atom is 0.405 e. The molecule has 5 nitrogen and oxygen atoms in total. The molecule has 136 valence electrons. The molecular weight excluding hydrogens is 355 g/mol. The zero-order chi connectivity index (χ0) is 18.4. The molecule has 0 saturated heterocycles. The van der Waals surface area contributed by atoms with Gasteiger partial charge in [-0.2, -0.15) is 13.2 Å². The van der Waals surface area contributed by atoms with Gasteiger partial charge >= 0.3 is 6.18 Å². The Hall–Kier alpha value is -2.16. The highest BCUT2D eigenvalue weighted by Crippen LogP contribution is 2.12. The fraction of sp³-hybridized carbons (Fsp3) is 0.438. The summed E-state index contributed by atoms with van der Waals surface area (Å²) in [7, 11) is 0. The van der Waals surface area contributed by atoms with Crippen LogP contribution in [0, 0.1) is 4.77 Å². The van der Waals surface area contributed by atoms with Crippen molar-refractivity contribution in [3.05, 3.63) is 39.4 Å². The van der Waals surface area contributed by atoms with E-state index in [1.807, 2.05) is 5.32 Å². The molecule has 0 aliphatic rings. The molecule has 0 unspecified atom stereocenters. The summed E-state index contributed by atoms with van der Waals surface area (Å²) in [6.45, 7) is -0.920. The van der Waals surface area contributed by atoms with E-state index in [2.05, 4.69) is 4.98 Å². The standard InChI is InChI=1S/C16H18F3N3O2S/c17-16(18,19)10-20-13(23)8-2-1-5-9-22-14(24)11-6-3-4-7-12(11)21-15(22)25/h3-4,6-7H,1-2,5,8-10H2,(H,20,23)(H,21,25). The van der Waals surface area contributed by atoms with Gasteiger partial charge < -0.3 is 10.3 Å². The van der Waals surface area contributed by atoms with Crippen LogP contribution in [-0.4, -0.2) is 28.2 Å². The second-order valence-corrected chi connectivity index (χ2v) is 6.02. The molecule has 1 aromatic carbocycles. The molecule has 1 amide bonds. The van der Waals surface area contributed by atoms with Crippen molar-refractivity contribution in [2.24, 2.45) is 0 Å². The maximum absolute atomic E-state index is 12.4. The van der Waals surface area contributed by atoms with Crippen molar-refractivity contribution in [2.45, 2.75) is 38.4 Å². The minimum atomic E-state index is -4.40. The van der Waals surface area contributed by atoms with E-state index < -0.39 is 18.6 Å². The molecule has 0 fully saturated rings. The van der Waals surface area contributed by atoms with Crippen LogP contribution in [-0.2, 0) is 11.3 Å². The van der Waals surface area contributed by atoms with Crippen LogP contribution in [0.15, 0.2) is 29.1 Å². The maximum atomic E-state index is 12.4. The molecule has 0 bridgehead atoms. The normalized spacial score (nSPS) is 11.6. The van der Waals surface area contributed by atoms with Gasteiger partial charge in [0, 0.05) is 13.0 Å². The van der Waals surface area contributed by atoms with E-state index in [1.54, 1.807) is 24.3 Å². The fourth-order valence-corrected chi connectivity index (χ4v) is 2.71. The summed E-state index contributed by atoms with van der Waals surface area (Å²) < 4.78 is 37.7. The number of halogens is 3. The van der Waals surface area contributed by atoms with Gasteiger partial charge in [0.2, 0.25) is 5.91 Å². The molecule has 2 rings (SSSR count). The number of hydrogen-bond donors (Lipinski definition) is 2. The van der Waals surface area contributed by atoms with Gasteiger partial charge in [-0.25, -0.2) is 0 Å². The summed E-state index contributed by atoms with van der Waals surface area (Å²) in [4.78, 5) is 26.7. The van der Waals surface area contributed by atoms with Crippen molar-refractivity contribution in [2.75, 3.05) is 6.54 Å². The number of alkyl halides is 3. The van der Waals surface area contributed by atoms with E-state index in [0.29, 0.717) is 41.5 Å².